The Morgan fingerprint density at radius 1 is 1.41 bits per heavy atom. The first-order valence-electron chi connectivity index (χ1n) is 8.33. The Morgan fingerprint density at radius 2 is 2.27 bits per heavy atom. The lowest BCUT2D eigenvalue weighted by Gasteiger charge is -2.30. The molecule has 1 saturated heterocycles. The molecule has 0 unspecified atom stereocenters. The van der Waals surface area contributed by atoms with E-state index in [1.54, 1.807) is 13.2 Å². The van der Waals surface area contributed by atoms with Crippen molar-refractivity contribution < 1.29 is 9.53 Å². The molecule has 2 rings (SSSR count). The topological polar surface area (TPSA) is 41.6 Å². The monoisotopic (exact) mass is 304 g/mol. The lowest BCUT2D eigenvalue weighted by molar-refractivity contribution is 0.0952. The predicted molar refractivity (Wildman–Crippen MR) is 89.4 cm³/mol. The Morgan fingerprint density at radius 3 is 3.05 bits per heavy atom. The molecular formula is C18H28N2O2. The molecule has 0 bridgehead atoms. The van der Waals surface area contributed by atoms with Crippen LogP contribution >= 0.6 is 0 Å². The maximum absolute atomic E-state index is 12.0. The van der Waals surface area contributed by atoms with Crippen molar-refractivity contribution in [2.45, 2.75) is 32.6 Å². The molecule has 122 valence electrons. The van der Waals surface area contributed by atoms with Gasteiger partial charge in [0.1, 0.15) is 5.75 Å². The first kappa shape index (κ1) is 16.8. The van der Waals surface area contributed by atoms with Crippen molar-refractivity contribution in [3.63, 3.8) is 0 Å². The minimum Gasteiger partial charge on any atom is -0.497 e. The first-order valence-corrected chi connectivity index (χ1v) is 8.33. The van der Waals surface area contributed by atoms with Gasteiger partial charge in [0.25, 0.3) is 5.91 Å². The Balaban J connectivity index is 1.62. The highest BCUT2D eigenvalue weighted by molar-refractivity contribution is 5.94. The third kappa shape index (κ3) is 5.34. The van der Waals surface area contributed by atoms with Crippen LogP contribution < -0.4 is 10.1 Å². The number of rotatable bonds is 7. The third-order valence-electron chi connectivity index (χ3n) is 4.26. The zero-order chi connectivity index (χ0) is 15.8. The van der Waals surface area contributed by atoms with E-state index in [2.05, 4.69) is 17.1 Å². The molecule has 1 amide bonds. The van der Waals surface area contributed by atoms with Gasteiger partial charge in [0.2, 0.25) is 0 Å². The molecule has 1 atom stereocenters. The second-order valence-corrected chi connectivity index (χ2v) is 6.24. The molecule has 4 heteroatoms. The van der Waals surface area contributed by atoms with Gasteiger partial charge in [0.15, 0.2) is 0 Å². The van der Waals surface area contributed by atoms with Crippen LogP contribution in [0.3, 0.4) is 0 Å². The molecule has 0 aromatic heterocycles. The molecular weight excluding hydrogens is 276 g/mol. The van der Waals surface area contributed by atoms with E-state index in [1.807, 2.05) is 18.2 Å². The van der Waals surface area contributed by atoms with E-state index in [1.165, 1.54) is 25.9 Å². The SMILES string of the molecule is COc1cccc(C(=O)NCCCCN2CCC[C@H](C)C2)c1. The standard InChI is InChI=1S/C18H28N2O2/c1-15-7-6-12-20(14-15)11-4-3-10-19-18(21)16-8-5-9-17(13-16)22-2/h5,8-9,13,15H,3-4,6-7,10-12,14H2,1-2H3,(H,19,21)/t15-/m0/s1. The molecule has 22 heavy (non-hydrogen) atoms. The fourth-order valence-electron chi connectivity index (χ4n) is 3.02. The Hall–Kier alpha value is -1.55. The number of amides is 1. The third-order valence-corrected chi connectivity index (χ3v) is 4.26. The van der Waals surface area contributed by atoms with Crippen molar-refractivity contribution in [2.24, 2.45) is 5.92 Å². The number of piperidine rings is 1. The van der Waals surface area contributed by atoms with Gasteiger partial charge < -0.3 is 15.0 Å². The highest BCUT2D eigenvalue weighted by atomic mass is 16.5. The van der Waals surface area contributed by atoms with Gasteiger partial charge in [0.05, 0.1) is 7.11 Å². The van der Waals surface area contributed by atoms with Gasteiger partial charge in [0, 0.05) is 18.7 Å². The van der Waals surface area contributed by atoms with Gasteiger partial charge in [-0.2, -0.15) is 0 Å². The Bertz CT molecular complexity index is 476. The Kier molecular flexibility index (Phi) is 6.72. The largest absolute Gasteiger partial charge is 0.497 e. The van der Waals surface area contributed by atoms with E-state index in [0.717, 1.165) is 31.8 Å². The van der Waals surface area contributed by atoms with Crippen molar-refractivity contribution in [1.82, 2.24) is 10.2 Å². The second-order valence-electron chi connectivity index (χ2n) is 6.24. The number of hydrogen-bond donors (Lipinski definition) is 1. The normalized spacial score (nSPS) is 18.9. The molecule has 0 spiro atoms. The molecule has 1 N–H and O–H groups in total. The predicted octanol–water partition coefficient (Wildman–Crippen LogP) is 2.94. The Labute approximate surface area is 133 Å². The van der Waals surface area contributed by atoms with Crippen LogP contribution in [0.1, 0.15) is 43.0 Å². The number of likely N-dealkylation sites (tertiary alicyclic amines) is 1. The van der Waals surface area contributed by atoms with Crippen molar-refractivity contribution in [2.75, 3.05) is 33.3 Å². The van der Waals surface area contributed by atoms with Crippen LogP contribution in [0.25, 0.3) is 0 Å². The summed E-state index contributed by atoms with van der Waals surface area (Å²) in [6.07, 6.45) is 4.87. The molecule has 1 fully saturated rings. The average Bonchev–Trinajstić information content (AvgIpc) is 2.54. The molecule has 1 aromatic carbocycles. The van der Waals surface area contributed by atoms with E-state index in [4.69, 9.17) is 4.74 Å². The van der Waals surface area contributed by atoms with Crippen molar-refractivity contribution >= 4 is 5.91 Å². The molecule has 1 aromatic rings. The van der Waals surface area contributed by atoms with Gasteiger partial charge in [-0.1, -0.05) is 13.0 Å². The molecule has 1 aliphatic heterocycles. The van der Waals surface area contributed by atoms with Crippen molar-refractivity contribution in [1.29, 1.82) is 0 Å². The maximum Gasteiger partial charge on any atom is 0.251 e. The lowest BCUT2D eigenvalue weighted by atomic mass is 10.0. The van der Waals surface area contributed by atoms with E-state index >= 15 is 0 Å². The summed E-state index contributed by atoms with van der Waals surface area (Å²) in [5.74, 6) is 1.53. The summed E-state index contributed by atoms with van der Waals surface area (Å²) in [6.45, 7) is 6.69. The van der Waals surface area contributed by atoms with Crippen LogP contribution in [0.15, 0.2) is 24.3 Å². The maximum atomic E-state index is 12.0. The molecule has 0 saturated carbocycles. The second kappa shape index (κ2) is 8.79. The van der Waals surface area contributed by atoms with Crippen LogP contribution in [-0.2, 0) is 0 Å². The van der Waals surface area contributed by atoms with Crippen LogP contribution in [0, 0.1) is 5.92 Å². The quantitative estimate of drug-likeness (QED) is 0.788. The smallest absolute Gasteiger partial charge is 0.251 e. The van der Waals surface area contributed by atoms with E-state index < -0.39 is 0 Å². The highest BCUT2D eigenvalue weighted by Gasteiger charge is 2.15. The van der Waals surface area contributed by atoms with Gasteiger partial charge in [-0.05, 0) is 62.9 Å². The van der Waals surface area contributed by atoms with Crippen LogP contribution in [-0.4, -0.2) is 44.1 Å². The molecule has 0 aliphatic carbocycles. The fourth-order valence-corrected chi connectivity index (χ4v) is 3.02. The summed E-state index contributed by atoms with van der Waals surface area (Å²) in [6, 6.07) is 7.26. The molecule has 1 aliphatic rings. The summed E-state index contributed by atoms with van der Waals surface area (Å²) in [7, 11) is 1.61. The number of benzene rings is 1. The van der Waals surface area contributed by atoms with Crippen molar-refractivity contribution in [3.05, 3.63) is 29.8 Å². The van der Waals surface area contributed by atoms with Gasteiger partial charge >= 0.3 is 0 Å². The average molecular weight is 304 g/mol. The zero-order valence-corrected chi connectivity index (χ0v) is 13.8. The number of nitrogens with one attached hydrogen (secondary N) is 1. The van der Waals surface area contributed by atoms with Crippen LogP contribution in [0.2, 0.25) is 0 Å². The van der Waals surface area contributed by atoms with Gasteiger partial charge in [-0.15, -0.1) is 0 Å². The van der Waals surface area contributed by atoms with Crippen LogP contribution in [0.4, 0.5) is 0 Å². The molecule has 1 heterocycles. The zero-order valence-electron chi connectivity index (χ0n) is 13.8. The minimum absolute atomic E-state index is 0.0227. The number of ether oxygens (including phenoxy) is 1. The molecule has 4 nitrogen and oxygen atoms in total. The minimum atomic E-state index is -0.0227. The number of carbonyl (C=O) groups excluding carboxylic acids is 1. The summed E-state index contributed by atoms with van der Waals surface area (Å²) in [5.41, 5.74) is 0.657. The fraction of sp³-hybridized carbons (Fsp3) is 0.611. The number of carbonyl (C=O) groups is 1. The van der Waals surface area contributed by atoms with Gasteiger partial charge in [-0.3, -0.25) is 4.79 Å². The number of methoxy groups -OCH3 is 1. The lowest BCUT2D eigenvalue weighted by Crippen LogP contribution is -2.35. The first-order chi connectivity index (χ1) is 10.7. The van der Waals surface area contributed by atoms with Crippen LogP contribution in [0.5, 0.6) is 5.75 Å². The highest BCUT2D eigenvalue weighted by Crippen LogP contribution is 2.15. The summed E-state index contributed by atoms with van der Waals surface area (Å²) < 4.78 is 5.14. The van der Waals surface area contributed by atoms with E-state index in [9.17, 15) is 4.79 Å². The summed E-state index contributed by atoms with van der Waals surface area (Å²) in [5, 5.41) is 2.98. The molecule has 0 radical (unpaired) electrons. The van der Waals surface area contributed by atoms with Gasteiger partial charge in [-0.25, -0.2) is 0 Å². The number of nitrogens with zero attached hydrogens (tertiary/aromatic N) is 1. The van der Waals surface area contributed by atoms with E-state index in [0.29, 0.717) is 11.3 Å². The number of hydrogen-bond acceptors (Lipinski definition) is 3. The summed E-state index contributed by atoms with van der Waals surface area (Å²) in [4.78, 5) is 14.6. The number of unbranched alkanes of at least 4 members (excludes halogenated alkanes) is 1. The summed E-state index contributed by atoms with van der Waals surface area (Å²) >= 11 is 0. The van der Waals surface area contributed by atoms with E-state index in [-0.39, 0.29) is 5.91 Å². The van der Waals surface area contributed by atoms with Crippen molar-refractivity contribution in [3.8, 4) is 5.75 Å².